The molecular weight excluding hydrogens is 262 g/mol. The second-order valence-electron chi connectivity index (χ2n) is 3.91. The predicted octanol–water partition coefficient (Wildman–Crippen LogP) is 3.82. The molecule has 3 nitrogen and oxygen atoms in total. The van der Waals surface area contributed by atoms with Gasteiger partial charge in [-0.15, -0.1) is 22.7 Å². The molecule has 0 aliphatic rings. The SMILES string of the molecule is Cc1ccsc1-c1csc(-c2cccnc2N)n1. The summed E-state index contributed by atoms with van der Waals surface area (Å²) in [4.78, 5) is 9.97. The van der Waals surface area contributed by atoms with Crippen molar-refractivity contribution in [1.29, 1.82) is 0 Å². The summed E-state index contributed by atoms with van der Waals surface area (Å²) in [5, 5.41) is 5.08. The first-order valence-corrected chi connectivity index (χ1v) is 7.22. The standard InChI is InChI=1S/C13H11N3S2/c1-8-4-6-17-11(8)10-7-18-13(16-10)9-3-2-5-15-12(9)14/h2-7H,1H3,(H2,14,15). The molecule has 3 rings (SSSR count). The minimum atomic E-state index is 0.529. The molecule has 0 amide bonds. The number of rotatable bonds is 2. The maximum atomic E-state index is 5.87. The molecule has 5 heteroatoms. The molecule has 3 aromatic heterocycles. The average Bonchev–Trinajstić information content (AvgIpc) is 2.98. The summed E-state index contributed by atoms with van der Waals surface area (Å²) in [6.45, 7) is 2.10. The summed E-state index contributed by atoms with van der Waals surface area (Å²) < 4.78 is 0. The van der Waals surface area contributed by atoms with Crippen LogP contribution in [-0.4, -0.2) is 9.97 Å². The van der Waals surface area contributed by atoms with Gasteiger partial charge in [0, 0.05) is 11.6 Å². The molecule has 90 valence electrons. The number of thiophene rings is 1. The summed E-state index contributed by atoms with van der Waals surface area (Å²) in [6, 6.07) is 5.94. The molecule has 0 aromatic carbocycles. The number of nitrogens with zero attached hydrogens (tertiary/aromatic N) is 2. The van der Waals surface area contributed by atoms with Crippen LogP contribution in [0.25, 0.3) is 21.1 Å². The largest absolute Gasteiger partial charge is 0.383 e. The smallest absolute Gasteiger partial charge is 0.133 e. The van der Waals surface area contributed by atoms with Gasteiger partial charge in [-0.1, -0.05) is 0 Å². The number of nitrogens with two attached hydrogens (primary N) is 1. The summed E-state index contributed by atoms with van der Waals surface area (Å²) in [5.41, 5.74) is 9.05. The molecule has 0 saturated carbocycles. The maximum Gasteiger partial charge on any atom is 0.133 e. The minimum absolute atomic E-state index is 0.529. The van der Waals surface area contributed by atoms with Crippen molar-refractivity contribution in [3.8, 4) is 21.1 Å². The normalized spacial score (nSPS) is 10.7. The number of thiazole rings is 1. The van der Waals surface area contributed by atoms with Crippen LogP contribution < -0.4 is 5.73 Å². The average molecular weight is 273 g/mol. The second-order valence-corrected chi connectivity index (χ2v) is 5.68. The Morgan fingerprint density at radius 1 is 1.22 bits per heavy atom. The van der Waals surface area contributed by atoms with Gasteiger partial charge in [-0.3, -0.25) is 0 Å². The first kappa shape index (κ1) is 11.4. The molecule has 0 bridgehead atoms. The van der Waals surface area contributed by atoms with E-state index >= 15 is 0 Å². The van der Waals surface area contributed by atoms with Crippen LogP contribution in [0, 0.1) is 6.92 Å². The van der Waals surface area contributed by atoms with E-state index in [1.54, 1.807) is 28.9 Å². The number of aryl methyl sites for hydroxylation is 1. The number of pyridine rings is 1. The third-order valence-electron chi connectivity index (χ3n) is 2.67. The Bertz CT molecular complexity index is 685. The lowest BCUT2D eigenvalue weighted by atomic mass is 10.2. The molecule has 0 aliphatic carbocycles. The van der Waals surface area contributed by atoms with Gasteiger partial charge in [0.05, 0.1) is 16.1 Å². The van der Waals surface area contributed by atoms with Crippen molar-refractivity contribution in [3.63, 3.8) is 0 Å². The number of anilines is 1. The van der Waals surface area contributed by atoms with Crippen molar-refractivity contribution in [2.45, 2.75) is 6.92 Å². The Morgan fingerprint density at radius 2 is 2.11 bits per heavy atom. The minimum Gasteiger partial charge on any atom is -0.383 e. The van der Waals surface area contributed by atoms with Gasteiger partial charge in [0.1, 0.15) is 10.8 Å². The lowest BCUT2D eigenvalue weighted by Gasteiger charge is -1.99. The Balaban J connectivity index is 2.05. The predicted molar refractivity (Wildman–Crippen MR) is 77.8 cm³/mol. The lowest BCUT2D eigenvalue weighted by molar-refractivity contribution is 1.32. The van der Waals surface area contributed by atoms with Gasteiger partial charge in [-0.25, -0.2) is 9.97 Å². The van der Waals surface area contributed by atoms with E-state index < -0.39 is 0 Å². The Morgan fingerprint density at radius 3 is 2.83 bits per heavy atom. The van der Waals surface area contributed by atoms with Crippen LogP contribution in [0.5, 0.6) is 0 Å². The van der Waals surface area contributed by atoms with Gasteiger partial charge in [-0.2, -0.15) is 0 Å². The first-order chi connectivity index (χ1) is 8.75. The molecule has 0 unspecified atom stereocenters. The van der Waals surface area contributed by atoms with Gasteiger partial charge in [-0.05, 0) is 36.1 Å². The number of nitrogen functional groups attached to an aromatic ring is 1. The third-order valence-corrected chi connectivity index (χ3v) is 4.58. The van der Waals surface area contributed by atoms with E-state index in [1.165, 1.54) is 10.4 Å². The fraction of sp³-hybridized carbons (Fsp3) is 0.0769. The Kier molecular flexibility index (Phi) is 2.85. The number of hydrogen-bond donors (Lipinski definition) is 1. The molecule has 3 heterocycles. The Labute approximate surface area is 113 Å². The number of aromatic nitrogens is 2. The zero-order valence-corrected chi connectivity index (χ0v) is 11.4. The van der Waals surface area contributed by atoms with Gasteiger partial charge in [0.15, 0.2) is 0 Å². The van der Waals surface area contributed by atoms with Crippen molar-refractivity contribution >= 4 is 28.5 Å². The van der Waals surface area contributed by atoms with Crippen molar-refractivity contribution in [3.05, 3.63) is 40.7 Å². The van der Waals surface area contributed by atoms with Crippen molar-refractivity contribution in [2.75, 3.05) is 5.73 Å². The van der Waals surface area contributed by atoms with Crippen LogP contribution in [0.3, 0.4) is 0 Å². The van der Waals surface area contributed by atoms with E-state index in [2.05, 4.69) is 33.7 Å². The molecule has 2 N–H and O–H groups in total. The highest BCUT2D eigenvalue weighted by Gasteiger charge is 2.11. The van der Waals surface area contributed by atoms with Crippen LogP contribution in [0.1, 0.15) is 5.56 Å². The number of hydrogen-bond acceptors (Lipinski definition) is 5. The Hall–Kier alpha value is -1.72. The zero-order valence-electron chi connectivity index (χ0n) is 9.75. The van der Waals surface area contributed by atoms with E-state index in [-0.39, 0.29) is 0 Å². The molecule has 0 saturated heterocycles. The van der Waals surface area contributed by atoms with Gasteiger partial charge in [0.2, 0.25) is 0 Å². The molecule has 0 atom stereocenters. The van der Waals surface area contributed by atoms with Crippen LogP contribution >= 0.6 is 22.7 Å². The van der Waals surface area contributed by atoms with Crippen LogP contribution in [0.2, 0.25) is 0 Å². The fourth-order valence-corrected chi connectivity index (χ4v) is 3.54. The maximum absolute atomic E-state index is 5.87. The van der Waals surface area contributed by atoms with E-state index in [1.807, 2.05) is 12.1 Å². The molecule has 0 aliphatic heterocycles. The highest BCUT2D eigenvalue weighted by atomic mass is 32.1. The van der Waals surface area contributed by atoms with Crippen LogP contribution in [0.4, 0.5) is 5.82 Å². The second kappa shape index (κ2) is 4.51. The van der Waals surface area contributed by atoms with E-state index in [9.17, 15) is 0 Å². The molecule has 0 spiro atoms. The summed E-state index contributed by atoms with van der Waals surface area (Å²) in [5.74, 6) is 0.529. The van der Waals surface area contributed by atoms with Gasteiger partial charge < -0.3 is 5.73 Å². The molecule has 18 heavy (non-hydrogen) atoms. The third kappa shape index (κ3) is 1.91. The zero-order chi connectivity index (χ0) is 12.5. The molecule has 0 radical (unpaired) electrons. The van der Waals surface area contributed by atoms with Crippen molar-refractivity contribution < 1.29 is 0 Å². The first-order valence-electron chi connectivity index (χ1n) is 5.46. The highest BCUT2D eigenvalue weighted by Crippen LogP contribution is 2.34. The fourth-order valence-electron chi connectivity index (χ4n) is 1.74. The highest BCUT2D eigenvalue weighted by molar-refractivity contribution is 7.15. The monoisotopic (exact) mass is 273 g/mol. The topological polar surface area (TPSA) is 51.8 Å². The van der Waals surface area contributed by atoms with Gasteiger partial charge in [0.25, 0.3) is 0 Å². The van der Waals surface area contributed by atoms with E-state index in [4.69, 9.17) is 5.73 Å². The van der Waals surface area contributed by atoms with E-state index in [0.717, 1.165) is 16.3 Å². The molecule has 0 fully saturated rings. The lowest BCUT2D eigenvalue weighted by Crippen LogP contribution is -1.92. The van der Waals surface area contributed by atoms with Crippen LogP contribution in [0.15, 0.2) is 35.2 Å². The van der Waals surface area contributed by atoms with Crippen molar-refractivity contribution in [2.24, 2.45) is 0 Å². The van der Waals surface area contributed by atoms with E-state index in [0.29, 0.717) is 5.82 Å². The summed E-state index contributed by atoms with van der Waals surface area (Å²) >= 11 is 3.31. The summed E-state index contributed by atoms with van der Waals surface area (Å²) in [6.07, 6.45) is 1.69. The molecule has 3 aromatic rings. The van der Waals surface area contributed by atoms with Gasteiger partial charge >= 0.3 is 0 Å². The molecular formula is C13H11N3S2. The quantitative estimate of drug-likeness (QED) is 0.772. The van der Waals surface area contributed by atoms with Crippen LogP contribution in [-0.2, 0) is 0 Å². The summed E-state index contributed by atoms with van der Waals surface area (Å²) in [7, 11) is 0. The van der Waals surface area contributed by atoms with Crippen molar-refractivity contribution in [1.82, 2.24) is 9.97 Å².